The van der Waals surface area contributed by atoms with Crippen molar-refractivity contribution < 1.29 is 14.3 Å². The van der Waals surface area contributed by atoms with E-state index in [9.17, 15) is 9.59 Å². The van der Waals surface area contributed by atoms with Gasteiger partial charge in [0.25, 0.3) is 5.91 Å². The van der Waals surface area contributed by atoms with Gasteiger partial charge in [-0.25, -0.2) is 9.48 Å². The van der Waals surface area contributed by atoms with Gasteiger partial charge in [-0.15, -0.1) is 0 Å². The first-order valence-corrected chi connectivity index (χ1v) is 12.2. The van der Waals surface area contributed by atoms with Gasteiger partial charge in [0.1, 0.15) is 0 Å². The summed E-state index contributed by atoms with van der Waals surface area (Å²) in [6, 6.07) is 29.0. The van der Waals surface area contributed by atoms with Gasteiger partial charge in [-0.3, -0.25) is 4.79 Å². The Bertz CT molecular complexity index is 1300. The van der Waals surface area contributed by atoms with Gasteiger partial charge >= 0.3 is 5.97 Å². The number of ether oxygens (including phenoxy) is 1. The molecular formula is C30H31N3O3. The summed E-state index contributed by atoms with van der Waals surface area (Å²) in [4.78, 5) is 25.4. The second-order valence-electron chi connectivity index (χ2n) is 8.91. The molecular weight excluding hydrogens is 450 g/mol. The molecule has 6 heteroatoms. The Morgan fingerprint density at radius 1 is 0.917 bits per heavy atom. The Hall–Kier alpha value is -4.19. The van der Waals surface area contributed by atoms with Gasteiger partial charge in [-0.1, -0.05) is 74.5 Å². The maximum atomic E-state index is 13.2. The maximum absolute atomic E-state index is 13.2. The summed E-state index contributed by atoms with van der Waals surface area (Å²) in [7, 11) is 0. The van der Waals surface area contributed by atoms with Crippen LogP contribution in [0.3, 0.4) is 0 Å². The van der Waals surface area contributed by atoms with Crippen LogP contribution in [0.25, 0.3) is 5.69 Å². The minimum absolute atomic E-state index is 0.147. The van der Waals surface area contributed by atoms with Gasteiger partial charge in [0.05, 0.1) is 18.3 Å². The Kier molecular flexibility index (Phi) is 7.95. The van der Waals surface area contributed by atoms with E-state index in [2.05, 4.69) is 22.5 Å². The number of aromatic nitrogens is 2. The minimum atomic E-state index is -0.445. The largest absolute Gasteiger partial charge is 0.461 e. The van der Waals surface area contributed by atoms with Gasteiger partial charge in [0.15, 0.2) is 5.69 Å². The molecule has 0 spiro atoms. The van der Waals surface area contributed by atoms with E-state index in [4.69, 9.17) is 4.74 Å². The van der Waals surface area contributed by atoms with Crippen molar-refractivity contribution >= 4 is 11.9 Å². The van der Waals surface area contributed by atoms with Crippen molar-refractivity contribution in [1.82, 2.24) is 15.1 Å². The van der Waals surface area contributed by atoms with E-state index in [1.54, 1.807) is 29.8 Å². The van der Waals surface area contributed by atoms with Gasteiger partial charge in [-0.05, 0) is 60.7 Å². The number of nitrogens with one attached hydrogen (secondary N) is 1. The van der Waals surface area contributed by atoms with Crippen LogP contribution >= 0.6 is 0 Å². The lowest BCUT2D eigenvalue weighted by atomic mass is 9.98. The molecule has 36 heavy (non-hydrogen) atoms. The topological polar surface area (TPSA) is 73.2 Å². The number of hydrogen-bond donors (Lipinski definition) is 1. The number of hydrogen-bond acceptors (Lipinski definition) is 4. The Labute approximate surface area is 211 Å². The number of amides is 1. The predicted octanol–water partition coefficient (Wildman–Crippen LogP) is 5.89. The van der Waals surface area contributed by atoms with Gasteiger partial charge in [-0.2, -0.15) is 5.10 Å². The molecule has 0 unspecified atom stereocenters. The van der Waals surface area contributed by atoms with Crippen LogP contribution in [-0.2, 0) is 11.2 Å². The zero-order valence-electron chi connectivity index (χ0n) is 20.8. The molecule has 1 atom stereocenters. The molecule has 0 aliphatic carbocycles. The average Bonchev–Trinajstić information content (AvgIpc) is 3.36. The number of nitrogens with zero attached hydrogens (tertiary/aromatic N) is 2. The third kappa shape index (κ3) is 5.89. The molecule has 0 radical (unpaired) electrons. The molecule has 0 aliphatic rings. The van der Waals surface area contributed by atoms with Crippen LogP contribution < -0.4 is 5.32 Å². The molecule has 1 aromatic heterocycles. The molecule has 184 valence electrons. The zero-order chi connectivity index (χ0) is 25.5. The molecule has 0 fully saturated rings. The molecule has 1 heterocycles. The molecule has 0 bridgehead atoms. The van der Waals surface area contributed by atoms with Crippen LogP contribution in [0.15, 0.2) is 91.0 Å². The van der Waals surface area contributed by atoms with Crippen molar-refractivity contribution in [1.29, 1.82) is 0 Å². The molecule has 0 saturated heterocycles. The molecule has 6 nitrogen and oxygen atoms in total. The van der Waals surface area contributed by atoms with Gasteiger partial charge in [0.2, 0.25) is 0 Å². The molecule has 1 N–H and O–H groups in total. The first-order chi connectivity index (χ1) is 17.5. The highest BCUT2D eigenvalue weighted by Gasteiger charge is 2.20. The summed E-state index contributed by atoms with van der Waals surface area (Å²) >= 11 is 0. The summed E-state index contributed by atoms with van der Waals surface area (Å²) in [6.07, 6.45) is 0.691. The van der Waals surface area contributed by atoms with Crippen molar-refractivity contribution in [3.8, 4) is 5.69 Å². The molecule has 0 saturated carbocycles. The second-order valence-corrected chi connectivity index (χ2v) is 8.91. The molecule has 0 aliphatic heterocycles. The summed E-state index contributed by atoms with van der Waals surface area (Å²) in [5, 5.41) is 7.67. The SMILES string of the molecule is CCOC(=O)c1cc(C(C)C)n(-c2ccc(C(=O)N[C@@H](Cc3ccccc3)c3ccccc3)cc2)n1. The highest BCUT2D eigenvalue weighted by atomic mass is 16.5. The lowest BCUT2D eigenvalue weighted by Gasteiger charge is -2.20. The monoisotopic (exact) mass is 481 g/mol. The third-order valence-corrected chi connectivity index (χ3v) is 5.98. The standard InChI is InChI=1S/C30H31N3O3/c1-4-36-30(35)27-20-28(21(2)3)33(32-27)25-17-15-24(16-18-25)29(34)31-26(23-13-9-6-10-14-23)19-22-11-7-5-8-12-22/h5-18,20-21,26H,4,19H2,1-3H3,(H,31,34)/t26-/m0/s1. The average molecular weight is 482 g/mol. The number of benzene rings is 3. The summed E-state index contributed by atoms with van der Waals surface area (Å²) < 4.78 is 6.85. The highest BCUT2D eigenvalue weighted by molar-refractivity contribution is 5.94. The van der Waals surface area contributed by atoms with Crippen molar-refractivity contribution in [3.63, 3.8) is 0 Å². The molecule has 4 rings (SSSR count). The van der Waals surface area contributed by atoms with Gasteiger partial charge < -0.3 is 10.1 Å². The molecule has 4 aromatic rings. The fourth-order valence-corrected chi connectivity index (χ4v) is 4.10. The highest BCUT2D eigenvalue weighted by Crippen LogP contribution is 2.23. The predicted molar refractivity (Wildman–Crippen MR) is 140 cm³/mol. The first kappa shape index (κ1) is 24.9. The first-order valence-electron chi connectivity index (χ1n) is 12.2. The number of carbonyl (C=O) groups is 2. The normalized spacial score (nSPS) is 11.8. The Balaban J connectivity index is 1.55. The number of esters is 1. The van der Waals surface area contributed by atoms with E-state index < -0.39 is 5.97 Å². The van der Waals surface area contributed by atoms with E-state index in [0.29, 0.717) is 18.6 Å². The third-order valence-electron chi connectivity index (χ3n) is 5.98. The fourth-order valence-electron chi connectivity index (χ4n) is 4.10. The van der Waals surface area contributed by atoms with E-state index >= 15 is 0 Å². The van der Waals surface area contributed by atoms with Gasteiger partial charge in [0, 0.05) is 11.3 Å². The van der Waals surface area contributed by atoms with Crippen LogP contribution in [0, 0.1) is 0 Å². The lowest BCUT2D eigenvalue weighted by molar-refractivity contribution is 0.0518. The summed E-state index contributed by atoms with van der Waals surface area (Å²) in [6.45, 7) is 6.15. The van der Waals surface area contributed by atoms with Crippen LogP contribution in [0.5, 0.6) is 0 Å². The van der Waals surface area contributed by atoms with E-state index in [0.717, 1.165) is 22.5 Å². The lowest BCUT2D eigenvalue weighted by Crippen LogP contribution is -2.30. The van der Waals surface area contributed by atoms with Crippen LogP contribution in [0.4, 0.5) is 0 Å². The number of carbonyl (C=O) groups excluding carboxylic acids is 2. The van der Waals surface area contributed by atoms with Crippen molar-refractivity contribution in [2.24, 2.45) is 0 Å². The zero-order valence-corrected chi connectivity index (χ0v) is 20.8. The summed E-state index contributed by atoms with van der Waals surface area (Å²) in [5.74, 6) is -0.448. The number of rotatable bonds is 9. The Morgan fingerprint density at radius 2 is 1.56 bits per heavy atom. The maximum Gasteiger partial charge on any atom is 0.358 e. The van der Waals surface area contributed by atoms with Crippen LogP contribution in [-0.4, -0.2) is 28.3 Å². The van der Waals surface area contributed by atoms with Crippen LogP contribution in [0.2, 0.25) is 0 Å². The summed E-state index contributed by atoms with van der Waals surface area (Å²) in [5.41, 5.74) is 4.69. The molecule has 3 aromatic carbocycles. The fraction of sp³-hybridized carbons (Fsp3) is 0.233. The minimum Gasteiger partial charge on any atom is -0.461 e. The quantitative estimate of drug-likeness (QED) is 0.303. The Morgan fingerprint density at radius 3 is 2.17 bits per heavy atom. The van der Waals surface area contributed by atoms with E-state index in [-0.39, 0.29) is 23.6 Å². The van der Waals surface area contributed by atoms with Crippen molar-refractivity contribution in [2.45, 2.75) is 39.2 Å². The second kappa shape index (κ2) is 11.5. The van der Waals surface area contributed by atoms with Crippen LogP contribution in [0.1, 0.15) is 70.4 Å². The smallest absolute Gasteiger partial charge is 0.358 e. The van der Waals surface area contributed by atoms with E-state index in [1.165, 1.54) is 0 Å². The van der Waals surface area contributed by atoms with Crippen molar-refractivity contribution in [2.75, 3.05) is 6.61 Å². The molecule has 1 amide bonds. The van der Waals surface area contributed by atoms with E-state index in [1.807, 2.05) is 74.5 Å². The van der Waals surface area contributed by atoms with Crippen molar-refractivity contribution in [3.05, 3.63) is 119 Å².